The van der Waals surface area contributed by atoms with Crippen molar-refractivity contribution in [3.05, 3.63) is 29.3 Å². The molecule has 0 bridgehead atoms. The van der Waals surface area contributed by atoms with E-state index in [4.69, 9.17) is 15.2 Å². The van der Waals surface area contributed by atoms with Crippen LogP contribution in [0.25, 0.3) is 0 Å². The number of hydrogen-bond acceptors (Lipinski definition) is 3. The number of ether oxygens (including phenoxy) is 2. The Kier molecular flexibility index (Phi) is 4.77. The van der Waals surface area contributed by atoms with Gasteiger partial charge < -0.3 is 15.2 Å². The van der Waals surface area contributed by atoms with Gasteiger partial charge in [-0.2, -0.15) is 0 Å². The van der Waals surface area contributed by atoms with Gasteiger partial charge in [0.05, 0.1) is 6.61 Å². The Labute approximate surface area is 97.6 Å². The van der Waals surface area contributed by atoms with Crippen molar-refractivity contribution in [1.82, 2.24) is 0 Å². The van der Waals surface area contributed by atoms with Crippen LogP contribution >= 0.6 is 0 Å². The molecule has 0 aliphatic carbocycles. The van der Waals surface area contributed by atoms with E-state index in [0.717, 1.165) is 11.3 Å². The topological polar surface area (TPSA) is 44.5 Å². The standard InChI is InChI=1S/C13H21NO2/c1-9-5-6-13(12(7-9)11(3)14)16-10(2)8-15-4/h5-7,10-11H,8,14H2,1-4H3. The number of methoxy groups -OCH3 is 1. The van der Waals surface area contributed by atoms with Gasteiger partial charge >= 0.3 is 0 Å². The highest BCUT2D eigenvalue weighted by atomic mass is 16.5. The molecule has 2 N–H and O–H groups in total. The zero-order valence-corrected chi connectivity index (χ0v) is 10.5. The van der Waals surface area contributed by atoms with Gasteiger partial charge in [-0.15, -0.1) is 0 Å². The Morgan fingerprint density at radius 1 is 1.31 bits per heavy atom. The molecular formula is C13H21NO2. The van der Waals surface area contributed by atoms with Gasteiger partial charge in [0, 0.05) is 18.7 Å². The van der Waals surface area contributed by atoms with Crippen molar-refractivity contribution in [2.24, 2.45) is 5.73 Å². The monoisotopic (exact) mass is 223 g/mol. The lowest BCUT2D eigenvalue weighted by Gasteiger charge is -2.19. The van der Waals surface area contributed by atoms with Crippen LogP contribution in [0.15, 0.2) is 18.2 Å². The predicted molar refractivity (Wildman–Crippen MR) is 65.7 cm³/mol. The summed E-state index contributed by atoms with van der Waals surface area (Å²) in [6.07, 6.45) is 0.0326. The normalized spacial score (nSPS) is 14.6. The van der Waals surface area contributed by atoms with Crippen LogP contribution in [0.4, 0.5) is 0 Å². The summed E-state index contributed by atoms with van der Waals surface area (Å²) in [6.45, 7) is 6.57. The molecule has 2 atom stereocenters. The van der Waals surface area contributed by atoms with Crippen molar-refractivity contribution in [2.75, 3.05) is 13.7 Å². The molecule has 0 amide bonds. The van der Waals surface area contributed by atoms with Crippen LogP contribution in [0.5, 0.6) is 5.75 Å². The van der Waals surface area contributed by atoms with Gasteiger partial charge in [-0.05, 0) is 26.8 Å². The molecule has 0 radical (unpaired) electrons. The fourth-order valence-electron chi connectivity index (χ4n) is 1.62. The molecule has 2 unspecified atom stereocenters. The van der Waals surface area contributed by atoms with E-state index in [1.165, 1.54) is 5.56 Å². The quantitative estimate of drug-likeness (QED) is 0.833. The first-order valence-electron chi connectivity index (χ1n) is 5.56. The molecule has 3 heteroatoms. The lowest BCUT2D eigenvalue weighted by atomic mass is 10.1. The third-order valence-electron chi connectivity index (χ3n) is 2.39. The maximum absolute atomic E-state index is 5.92. The minimum absolute atomic E-state index is 0.0235. The van der Waals surface area contributed by atoms with E-state index < -0.39 is 0 Å². The molecule has 16 heavy (non-hydrogen) atoms. The Morgan fingerprint density at radius 2 is 2.00 bits per heavy atom. The maximum Gasteiger partial charge on any atom is 0.124 e. The second-order valence-electron chi connectivity index (χ2n) is 4.21. The van der Waals surface area contributed by atoms with Crippen LogP contribution in [0.1, 0.15) is 31.0 Å². The molecule has 3 nitrogen and oxygen atoms in total. The van der Waals surface area contributed by atoms with Gasteiger partial charge in [-0.3, -0.25) is 0 Å². The summed E-state index contributed by atoms with van der Waals surface area (Å²) in [5.74, 6) is 0.852. The molecule has 0 fully saturated rings. The number of rotatable bonds is 5. The van der Waals surface area contributed by atoms with Crippen LogP contribution in [0.2, 0.25) is 0 Å². The Morgan fingerprint density at radius 3 is 2.56 bits per heavy atom. The second kappa shape index (κ2) is 5.87. The van der Waals surface area contributed by atoms with E-state index in [-0.39, 0.29) is 12.1 Å². The lowest BCUT2D eigenvalue weighted by Crippen LogP contribution is -2.19. The third kappa shape index (κ3) is 3.51. The van der Waals surface area contributed by atoms with Gasteiger partial charge in [-0.1, -0.05) is 17.7 Å². The van der Waals surface area contributed by atoms with Crippen molar-refractivity contribution >= 4 is 0 Å². The second-order valence-corrected chi connectivity index (χ2v) is 4.21. The number of hydrogen-bond donors (Lipinski definition) is 1. The van der Waals surface area contributed by atoms with Gasteiger partial charge in [0.25, 0.3) is 0 Å². The number of nitrogens with two attached hydrogens (primary N) is 1. The van der Waals surface area contributed by atoms with Crippen molar-refractivity contribution in [1.29, 1.82) is 0 Å². The highest BCUT2D eigenvalue weighted by Crippen LogP contribution is 2.25. The van der Waals surface area contributed by atoms with Crippen LogP contribution in [-0.2, 0) is 4.74 Å². The average Bonchev–Trinajstić information content (AvgIpc) is 2.20. The van der Waals surface area contributed by atoms with Crippen molar-refractivity contribution in [2.45, 2.75) is 32.9 Å². The number of benzene rings is 1. The summed E-state index contributed by atoms with van der Waals surface area (Å²) in [6, 6.07) is 6.05. The van der Waals surface area contributed by atoms with Crippen LogP contribution in [0, 0.1) is 6.92 Å². The van der Waals surface area contributed by atoms with Crippen LogP contribution in [0.3, 0.4) is 0 Å². The van der Waals surface area contributed by atoms with Gasteiger partial charge in [0.15, 0.2) is 0 Å². The van der Waals surface area contributed by atoms with Crippen molar-refractivity contribution in [3.8, 4) is 5.75 Å². The lowest BCUT2D eigenvalue weighted by molar-refractivity contribution is 0.0912. The molecule has 90 valence electrons. The van der Waals surface area contributed by atoms with Gasteiger partial charge in [0.2, 0.25) is 0 Å². The first kappa shape index (κ1) is 13.0. The van der Waals surface area contributed by atoms with E-state index in [1.54, 1.807) is 7.11 Å². The first-order chi connectivity index (χ1) is 7.54. The largest absolute Gasteiger partial charge is 0.488 e. The Hall–Kier alpha value is -1.06. The summed E-state index contributed by atoms with van der Waals surface area (Å²) in [7, 11) is 1.67. The minimum Gasteiger partial charge on any atom is -0.488 e. The summed E-state index contributed by atoms with van der Waals surface area (Å²) >= 11 is 0. The third-order valence-corrected chi connectivity index (χ3v) is 2.39. The van der Waals surface area contributed by atoms with Crippen molar-refractivity contribution in [3.63, 3.8) is 0 Å². The summed E-state index contributed by atoms with van der Waals surface area (Å²) < 4.78 is 10.8. The molecule has 0 aromatic heterocycles. The van der Waals surface area contributed by atoms with Crippen LogP contribution < -0.4 is 10.5 Å². The zero-order valence-electron chi connectivity index (χ0n) is 10.5. The zero-order chi connectivity index (χ0) is 12.1. The van der Waals surface area contributed by atoms with Crippen LogP contribution in [-0.4, -0.2) is 19.8 Å². The van der Waals surface area contributed by atoms with E-state index in [2.05, 4.69) is 6.07 Å². The predicted octanol–water partition coefficient (Wildman–Crippen LogP) is 2.43. The SMILES string of the molecule is COCC(C)Oc1ccc(C)cc1C(C)N. The molecule has 0 spiro atoms. The summed E-state index contributed by atoms with van der Waals surface area (Å²) in [5, 5.41) is 0. The van der Waals surface area contributed by atoms with E-state index in [0.29, 0.717) is 6.61 Å². The highest BCUT2D eigenvalue weighted by molar-refractivity contribution is 5.38. The Bertz CT molecular complexity index is 337. The van der Waals surface area contributed by atoms with Gasteiger partial charge in [-0.25, -0.2) is 0 Å². The highest BCUT2D eigenvalue weighted by Gasteiger charge is 2.11. The molecule has 0 saturated heterocycles. The minimum atomic E-state index is -0.0235. The molecule has 1 rings (SSSR count). The van der Waals surface area contributed by atoms with E-state index in [9.17, 15) is 0 Å². The molecule has 1 aromatic rings. The number of aryl methyl sites for hydroxylation is 1. The van der Waals surface area contributed by atoms with Crippen molar-refractivity contribution < 1.29 is 9.47 Å². The smallest absolute Gasteiger partial charge is 0.124 e. The molecule has 0 saturated carbocycles. The Balaban J connectivity index is 2.86. The summed E-state index contributed by atoms with van der Waals surface area (Å²) in [4.78, 5) is 0. The van der Waals surface area contributed by atoms with Gasteiger partial charge in [0.1, 0.15) is 11.9 Å². The first-order valence-corrected chi connectivity index (χ1v) is 5.56. The molecule has 1 aromatic carbocycles. The average molecular weight is 223 g/mol. The van der Waals surface area contributed by atoms with E-state index >= 15 is 0 Å². The molecule has 0 aliphatic heterocycles. The van der Waals surface area contributed by atoms with E-state index in [1.807, 2.05) is 32.9 Å². The molecule has 0 aliphatic rings. The fourth-order valence-corrected chi connectivity index (χ4v) is 1.62. The fraction of sp³-hybridized carbons (Fsp3) is 0.538. The maximum atomic E-state index is 5.92. The summed E-state index contributed by atoms with van der Waals surface area (Å²) in [5.41, 5.74) is 8.16. The molecular weight excluding hydrogens is 202 g/mol. The molecule has 0 heterocycles.